The molecule has 1 N–H and O–H groups in total. The first-order valence-corrected chi connectivity index (χ1v) is 5.81. The smallest absolute Gasteiger partial charge is 0.302 e. The molecule has 0 saturated carbocycles. The molecule has 1 saturated heterocycles. The Balaban J connectivity index is 3.33. The van der Waals surface area contributed by atoms with E-state index in [1.807, 2.05) is 0 Å². The Kier molecular flexibility index (Phi) is 2.69. The lowest BCUT2D eigenvalue weighted by molar-refractivity contribution is -0.150. The molecule has 7 heteroatoms. The molecule has 1 aliphatic rings. The maximum Gasteiger partial charge on any atom is 0.474 e. The summed E-state index contributed by atoms with van der Waals surface area (Å²) in [7, 11) is -4.34. The minimum atomic E-state index is -4.34. The maximum absolute atomic E-state index is 11.4. The van der Waals surface area contributed by atoms with E-state index < -0.39 is 30.6 Å². The Morgan fingerprint density at radius 1 is 1.07 bits per heavy atom. The summed E-state index contributed by atoms with van der Waals surface area (Å²) in [6.45, 7) is 4.89. The third-order valence-corrected chi connectivity index (χ3v) is 4.04. The number of rotatable bonds is 2. The molecule has 0 aromatic carbocycles. The molecule has 0 aliphatic carbocycles. The maximum atomic E-state index is 11.4. The molecule has 0 spiro atoms. The van der Waals surface area contributed by atoms with Gasteiger partial charge < -0.3 is 4.89 Å². The van der Waals surface area contributed by atoms with Crippen molar-refractivity contribution in [3.63, 3.8) is 0 Å². The normalized spacial score (nSPS) is 45.4. The molecule has 0 amide bonds. The first-order valence-electron chi connectivity index (χ1n) is 4.31. The molecular formula is C8H13O6P. The summed E-state index contributed by atoms with van der Waals surface area (Å²) in [4.78, 5) is 31.9. The van der Waals surface area contributed by atoms with E-state index in [2.05, 4.69) is 0 Å². The van der Waals surface area contributed by atoms with Crippen molar-refractivity contribution >= 4 is 19.4 Å². The van der Waals surface area contributed by atoms with Gasteiger partial charge in [-0.15, -0.1) is 0 Å². The Morgan fingerprint density at radius 2 is 1.33 bits per heavy atom. The Morgan fingerprint density at radius 3 is 1.53 bits per heavy atom. The van der Waals surface area contributed by atoms with Gasteiger partial charge in [0.2, 0.25) is 0 Å². The van der Waals surface area contributed by atoms with Crippen molar-refractivity contribution in [3.8, 4) is 0 Å². The first kappa shape index (κ1) is 12.5. The van der Waals surface area contributed by atoms with Gasteiger partial charge in [0.15, 0.2) is 22.8 Å². The van der Waals surface area contributed by atoms with E-state index in [0.29, 0.717) is 0 Å². The largest absolute Gasteiger partial charge is 0.474 e. The molecule has 1 rings (SSSR count). The zero-order chi connectivity index (χ0) is 12.1. The van der Waals surface area contributed by atoms with Crippen molar-refractivity contribution in [1.29, 1.82) is 0 Å². The lowest BCUT2D eigenvalue weighted by atomic mass is 9.80. The highest BCUT2D eigenvalue weighted by molar-refractivity contribution is 7.47. The predicted molar refractivity (Wildman–Crippen MR) is 50.2 cm³/mol. The minimum absolute atomic E-state index is 0.535. The fourth-order valence-corrected chi connectivity index (χ4v) is 3.02. The molecule has 0 bridgehead atoms. The van der Waals surface area contributed by atoms with E-state index in [9.17, 15) is 19.0 Å². The van der Waals surface area contributed by atoms with E-state index >= 15 is 0 Å². The zero-order valence-electron chi connectivity index (χ0n) is 8.94. The van der Waals surface area contributed by atoms with Crippen LogP contribution in [-0.2, 0) is 23.2 Å². The number of phosphoric acid groups is 1. The van der Waals surface area contributed by atoms with Crippen molar-refractivity contribution in [1.82, 2.24) is 0 Å². The molecule has 1 fully saturated rings. The van der Waals surface area contributed by atoms with Crippen LogP contribution in [0.5, 0.6) is 0 Å². The Bertz CT molecular complexity index is 345. The fraction of sp³-hybridized carbons (Fsp3) is 0.750. The van der Waals surface area contributed by atoms with Crippen LogP contribution in [0.2, 0.25) is 0 Å². The summed E-state index contributed by atoms with van der Waals surface area (Å²) >= 11 is 0. The molecule has 0 radical (unpaired) electrons. The molecule has 1 aliphatic heterocycles. The first-order chi connectivity index (χ1) is 6.55. The average Bonchev–Trinajstić information content (AvgIpc) is 2.19. The quantitative estimate of drug-likeness (QED) is 0.714. The van der Waals surface area contributed by atoms with E-state index in [0.717, 1.165) is 0 Å². The van der Waals surface area contributed by atoms with Crippen LogP contribution in [0.3, 0.4) is 0 Å². The molecular weight excluding hydrogens is 223 g/mol. The average molecular weight is 236 g/mol. The summed E-state index contributed by atoms with van der Waals surface area (Å²) in [5.74, 6) is -1.07. The van der Waals surface area contributed by atoms with Gasteiger partial charge in [-0.1, -0.05) is 0 Å². The molecule has 6 nitrogen and oxygen atoms in total. The number of hydrogen-bond donors (Lipinski definition) is 1. The number of ketones is 2. The highest BCUT2D eigenvalue weighted by atomic mass is 31.2. The predicted octanol–water partition coefficient (Wildman–Crippen LogP) is 0.829. The van der Waals surface area contributed by atoms with Crippen LogP contribution in [0.15, 0.2) is 0 Å². The summed E-state index contributed by atoms with van der Waals surface area (Å²) in [6.07, 6.45) is 0. The van der Waals surface area contributed by atoms with E-state index in [1.165, 1.54) is 27.7 Å². The van der Waals surface area contributed by atoms with E-state index in [1.54, 1.807) is 0 Å². The zero-order valence-corrected chi connectivity index (χ0v) is 9.83. The highest BCUT2D eigenvalue weighted by Crippen LogP contribution is 2.61. The van der Waals surface area contributed by atoms with Crippen LogP contribution in [0.1, 0.15) is 27.7 Å². The van der Waals surface area contributed by atoms with Gasteiger partial charge in [0.1, 0.15) is 0 Å². The fourth-order valence-electron chi connectivity index (χ4n) is 1.45. The van der Waals surface area contributed by atoms with Crippen molar-refractivity contribution in [2.45, 2.75) is 38.9 Å². The second-order valence-electron chi connectivity index (χ2n) is 3.83. The van der Waals surface area contributed by atoms with Crippen molar-refractivity contribution < 1.29 is 28.1 Å². The number of Topliss-reactive ketones (excluding diaryl/α,β-unsaturated/α-hetero) is 2. The van der Waals surface area contributed by atoms with Crippen molar-refractivity contribution in [3.05, 3.63) is 0 Å². The van der Waals surface area contributed by atoms with Gasteiger partial charge in [-0.25, -0.2) is 4.57 Å². The topological polar surface area (TPSA) is 89.9 Å². The lowest BCUT2D eigenvalue weighted by Gasteiger charge is -2.31. The van der Waals surface area contributed by atoms with Crippen LogP contribution in [0, 0.1) is 0 Å². The van der Waals surface area contributed by atoms with E-state index in [-0.39, 0.29) is 0 Å². The molecule has 0 aromatic heterocycles. The van der Waals surface area contributed by atoms with Crippen LogP contribution >= 0.6 is 7.82 Å². The standard InChI is InChI=1S/C8H13O6P/c1-5(9)7(3)8(4,6(2)10)14-15(11,12)13-7/h1-4H3,(H,11,12)/t7-,8+. The highest BCUT2D eigenvalue weighted by Gasteiger charge is 2.65. The van der Waals surface area contributed by atoms with Gasteiger partial charge in [-0.2, -0.15) is 0 Å². The van der Waals surface area contributed by atoms with Gasteiger partial charge >= 0.3 is 7.82 Å². The number of hydrogen-bond acceptors (Lipinski definition) is 5. The molecule has 1 unspecified atom stereocenters. The SMILES string of the molecule is CC(=O)[C@]1(C)OP(=O)(O)O[C@]1(C)C(C)=O. The Labute approximate surface area is 87.2 Å². The third kappa shape index (κ3) is 1.67. The summed E-state index contributed by atoms with van der Waals surface area (Å²) < 4.78 is 20.6. The number of carbonyl (C=O) groups excluding carboxylic acids is 2. The summed E-state index contributed by atoms with van der Waals surface area (Å²) in [6, 6.07) is 0. The van der Waals surface area contributed by atoms with Crippen LogP contribution in [0.4, 0.5) is 0 Å². The summed E-state index contributed by atoms with van der Waals surface area (Å²) in [5, 5.41) is 0. The number of phosphoric ester groups is 1. The van der Waals surface area contributed by atoms with Gasteiger partial charge in [0.05, 0.1) is 0 Å². The van der Waals surface area contributed by atoms with Crippen LogP contribution < -0.4 is 0 Å². The molecule has 15 heavy (non-hydrogen) atoms. The van der Waals surface area contributed by atoms with Crippen LogP contribution in [-0.4, -0.2) is 27.7 Å². The molecule has 86 valence electrons. The Hall–Kier alpha value is -0.550. The van der Waals surface area contributed by atoms with Gasteiger partial charge in [-0.3, -0.25) is 18.6 Å². The second-order valence-corrected chi connectivity index (χ2v) is 5.13. The molecule has 1 heterocycles. The van der Waals surface area contributed by atoms with Gasteiger partial charge in [0, 0.05) is 0 Å². The van der Waals surface area contributed by atoms with Gasteiger partial charge in [0.25, 0.3) is 0 Å². The monoisotopic (exact) mass is 236 g/mol. The minimum Gasteiger partial charge on any atom is -0.302 e. The number of carbonyl (C=O) groups is 2. The van der Waals surface area contributed by atoms with Crippen LogP contribution in [0.25, 0.3) is 0 Å². The lowest BCUT2D eigenvalue weighted by Crippen LogP contribution is -2.56. The van der Waals surface area contributed by atoms with E-state index in [4.69, 9.17) is 9.05 Å². The molecule has 3 atom stereocenters. The van der Waals surface area contributed by atoms with Crippen molar-refractivity contribution in [2.24, 2.45) is 0 Å². The molecule has 0 aromatic rings. The summed E-state index contributed by atoms with van der Waals surface area (Å²) in [5.41, 5.74) is -3.44. The second kappa shape index (κ2) is 3.22. The van der Waals surface area contributed by atoms with Gasteiger partial charge in [-0.05, 0) is 27.7 Å². The third-order valence-electron chi connectivity index (χ3n) is 2.85. The van der Waals surface area contributed by atoms with Crippen molar-refractivity contribution in [2.75, 3.05) is 0 Å².